The van der Waals surface area contributed by atoms with E-state index in [0.29, 0.717) is 6.61 Å². The number of nitrogens with one attached hydrogen (secondary N) is 1. The second-order valence-corrected chi connectivity index (χ2v) is 5.21. The molecule has 18 heavy (non-hydrogen) atoms. The van der Waals surface area contributed by atoms with Gasteiger partial charge in [0.05, 0.1) is 0 Å². The molecule has 0 amide bonds. The quantitative estimate of drug-likeness (QED) is 0.771. The molecule has 0 saturated heterocycles. The summed E-state index contributed by atoms with van der Waals surface area (Å²) >= 11 is 5.98. The summed E-state index contributed by atoms with van der Waals surface area (Å²) in [6, 6.07) is 3.87. The van der Waals surface area contributed by atoms with Gasteiger partial charge in [0.25, 0.3) is 0 Å². The zero-order valence-corrected chi connectivity index (χ0v) is 12.5. The van der Waals surface area contributed by atoms with Crippen LogP contribution in [0.2, 0.25) is 5.02 Å². The second kappa shape index (κ2) is 7.62. The third-order valence-corrected chi connectivity index (χ3v) is 2.90. The molecule has 0 unspecified atom stereocenters. The van der Waals surface area contributed by atoms with Crippen LogP contribution in [0.3, 0.4) is 0 Å². The molecule has 0 aliphatic heterocycles. The van der Waals surface area contributed by atoms with E-state index in [4.69, 9.17) is 16.3 Å². The summed E-state index contributed by atoms with van der Waals surface area (Å²) in [4.78, 5) is 2.15. The first-order chi connectivity index (χ1) is 8.50. The van der Waals surface area contributed by atoms with E-state index in [9.17, 15) is 0 Å². The van der Waals surface area contributed by atoms with Gasteiger partial charge in [0, 0.05) is 24.7 Å². The summed E-state index contributed by atoms with van der Waals surface area (Å²) < 4.78 is 5.79. The first kappa shape index (κ1) is 15.3. The van der Waals surface area contributed by atoms with Crippen molar-refractivity contribution in [3.8, 4) is 5.75 Å². The average molecular weight is 271 g/mol. The van der Waals surface area contributed by atoms with Gasteiger partial charge >= 0.3 is 0 Å². The number of hydrogen-bond acceptors (Lipinski definition) is 3. The van der Waals surface area contributed by atoms with E-state index in [1.807, 2.05) is 26.0 Å². The molecule has 1 N–H and O–H groups in total. The Morgan fingerprint density at radius 2 is 1.78 bits per heavy atom. The molecule has 0 fully saturated rings. The molecule has 0 radical (unpaired) electrons. The Balaban J connectivity index is 2.31. The summed E-state index contributed by atoms with van der Waals surface area (Å²) in [5.41, 5.74) is 2.18. The van der Waals surface area contributed by atoms with E-state index >= 15 is 0 Å². The number of rotatable bonds is 7. The van der Waals surface area contributed by atoms with Crippen LogP contribution in [-0.2, 0) is 0 Å². The molecule has 0 spiro atoms. The van der Waals surface area contributed by atoms with E-state index in [1.165, 1.54) is 0 Å². The normalized spacial score (nSPS) is 11.0. The van der Waals surface area contributed by atoms with Crippen molar-refractivity contribution < 1.29 is 4.74 Å². The van der Waals surface area contributed by atoms with Crippen LogP contribution >= 0.6 is 11.6 Å². The smallest absolute Gasteiger partial charge is 0.125 e. The highest BCUT2D eigenvalue weighted by atomic mass is 35.5. The molecule has 1 aromatic rings. The van der Waals surface area contributed by atoms with Gasteiger partial charge in [-0.1, -0.05) is 11.6 Å². The molecule has 0 aromatic heterocycles. The van der Waals surface area contributed by atoms with E-state index in [-0.39, 0.29) is 0 Å². The van der Waals surface area contributed by atoms with Gasteiger partial charge in [0.2, 0.25) is 0 Å². The fourth-order valence-corrected chi connectivity index (χ4v) is 2.11. The van der Waals surface area contributed by atoms with Crippen LogP contribution in [-0.4, -0.2) is 45.2 Å². The van der Waals surface area contributed by atoms with Gasteiger partial charge in [-0.2, -0.15) is 0 Å². The Kier molecular flexibility index (Phi) is 6.47. The second-order valence-electron chi connectivity index (χ2n) is 4.77. The van der Waals surface area contributed by atoms with Crippen molar-refractivity contribution in [3.63, 3.8) is 0 Å². The van der Waals surface area contributed by atoms with Crippen LogP contribution in [0.4, 0.5) is 0 Å². The van der Waals surface area contributed by atoms with Crippen molar-refractivity contribution in [3.05, 3.63) is 28.3 Å². The van der Waals surface area contributed by atoms with Crippen LogP contribution < -0.4 is 10.1 Å². The fourth-order valence-electron chi connectivity index (χ4n) is 1.78. The first-order valence-corrected chi connectivity index (χ1v) is 6.63. The monoisotopic (exact) mass is 270 g/mol. The van der Waals surface area contributed by atoms with Crippen molar-refractivity contribution in [2.45, 2.75) is 13.8 Å². The Bertz CT molecular complexity index is 357. The number of hydrogen-bond donors (Lipinski definition) is 1. The number of nitrogens with zero attached hydrogens (tertiary/aromatic N) is 1. The largest absolute Gasteiger partial charge is 0.492 e. The summed E-state index contributed by atoms with van der Waals surface area (Å²) in [5, 5.41) is 4.11. The number of benzene rings is 1. The molecular formula is C14H23ClN2O. The lowest BCUT2D eigenvalue weighted by molar-refractivity contribution is 0.305. The van der Waals surface area contributed by atoms with Crippen molar-refractivity contribution in [1.29, 1.82) is 0 Å². The molecule has 0 heterocycles. The molecular weight excluding hydrogens is 248 g/mol. The third kappa shape index (κ3) is 5.25. The lowest BCUT2D eigenvalue weighted by Crippen LogP contribution is -2.29. The number of halogens is 1. The van der Waals surface area contributed by atoms with E-state index < -0.39 is 0 Å². The van der Waals surface area contributed by atoms with Gasteiger partial charge in [-0.3, -0.25) is 0 Å². The van der Waals surface area contributed by atoms with Crippen LogP contribution in [0.15, 0.2) is 12.1 Å². The zero-order valence-electron chi connectivity index (χ0n) is 11.7. The van der Waals surface area contributed by atoms with Crippen molar-refractivity contribution in [2.75, 3.05) is 40.3 Å². The summed E-state index contributed by atoms with van der Waals surface area (Å²) in [6.07, 6.45) is 0. The molecule has 0 aliphatic carbocycles. The van der Waals surface area contributed by atoms with Crippen LogP contribution in [0.25, 0.3) is 0 Å². The van der Waals surface area contributed by atoms with Gasteiger partial charge in [-0.15, -0.1) is 0 Å². The zero-order chi connectivity index (χ0) is 13.5. The lowest BCUT2D eigenvalue weighted by atomic mass is 10.1. The Morgan fingerprint density at radius 3 is 2.33 bits per heavy atom. The minimum Gasteiger partial charge on any atom is -0.492 e. The van der Waals surface area contributed by atoms with E-state index in [0.717, 1.165) is 41.5 Å². The molecule has 0 atom stereocenters. The predicted octanol–water partition coefficient (Wildman–Crippen LogP) is 2.49. The Morgan fingerprint density at radius 1 is 1.17 bits per heavy atom. The van der Waals surface area contributed by atoms with Crippen LogP contribution in [0.1, 0.15) is 11.1 Å². The van der Waals surface area contributed by atoms with Crippen LogP contribution in [0.5, 0.6) is 5.75 Å². The van der Waals surface area contributed by atoms with Crippen molar-refractivity contribution >= 4 is 11.6 Å². The number of aryl methyl sites for hydroxylation is 2. The van der Waals surface area contributed by atoms with E-state index in [1.54, 1.807) is 0 Å². The molecule has 3 nitrogen and oxygen atoms in total. The maximum atomic E-state index is 5.98. The van der Waals surface area contributed by atoms with Gasteiger partial charge in [0.1, 0.15) is 12.4 Å². The average Bonchev–Trinajstić information content (AvgIpc) is 2.25. The van der Waals surface area contributed by atoms with E-state index in [2.05, 4.69) is 24.3 Å². The highest BCUT2D eigenvalue weighted by Gasteiger charge is 2.05. The molecule has 102 valence electrons. The maximum absolute atomic E-state index is 5.98. The van der Waals surface area contributed by atoms with Gasteiger partial charge in [0.15, 0.2) is 0 Å². The number of ether oxygens (including phenoxy) is 1. The standard InChI is InChI=1S/C14H23ClN2O/c1-11-9-13(15)10-12(2)14(11)18-8-6-16-5-7-17(3)4/h9-10,16H,5-8H2,1-4H3. The summed E-state index contributed by atoms with van der Waals surface area (Å²) in [6.45, 7) is 7.60. The molecule has 0 aliphatic rings. The molecule has 4 heteroatoms. The number of likely N-dealkylation sites (N-methyl/N-ethyl adjacent to an activating group) is 1. The maximum Gasteiger partial charge on any atom is 0.125 e. The van der Waals surface area contributed by atoms with Gasteiger partial charge in [-0.25, -0.2) is 0 Å². The minimum atomic E-state index is 0.677. The molecule has 1 rings (SSSR count). The Hall–Kier alpha value is -0.770. The SMILES string of the molecule is Cc1cc(Cl)cc(C)c1OCCNCCN(C)C. The molecule has 0 bridgehead atoms. The molecule has 0 saturated carbocycles. The third-order valence-electron chi connectivity index (χ3n) is 2.69. The highest BCUT2D eigenvalue weighted by Crippen LogP contribution is 2.26. The van der Waals surface area contributed by atoms with Crippen molar-refractivity contribution in [1.82, 2.24) is 10.2 Å². The predicted molar refractivity (Wildman–Crippen MR) is 77.8 cm³/mol. The Labute approximate surface area is 115 Å². The van der Waals surface area contributed by atoms with Gasteiger partial charge < -0.3 is 15.0 Å². The summed E-state index contributed by atoms with van der Waals surface area (Å²) in [5.74, 6) is 0.953. The fraction of sp³-hybridized carbons (Fsp3) is 0.571. The highest BCUT2D eigenvalue weighted by molar-refractivity contribution is 6.30. The van der Waals surface area contributed by atoms with Gasteiger partial charge in [-0.05, 0) is 51.2 Å². The lowest BCUT2D eigenvalue weighted by Gasteiger charge is -2.14. The first-order valence-electron chi connectivity index (χ1n) is 6.25. The minimum absolute atomic E-state index is 0.677. The van der Waals surface area contributed by atoms with Crippen LogP contribution in [0, 0.1) is 13.8 Å². The van der Waals surface area contributed by atoms with Crippen molar-refractivity contribution in [2.24, 2.45) is 0 Å². The molecule has 1 aromatic carbocycles. The topological polar surface area (TPSA) is 24.5 Å². The summed E-state index contributed by atoms with van der Waals surface area (Å²) in [7, 11) is 4.14.